The van der Waals surface area contributed by atoms with Crippen LogP contribution in [-0.4, -0.2) is 38.3 Å². The van der Waals surface area contributed by atoms with Gasteiger partial charge in [0, 0.05) is 6.54 Å². The number of rotatable bonds is 8. The van der Waals surface area contributed by atoms with Gasteiger partial charge in [-0.2, -0.15) is 0 Å². The molecule has 27 heavy (non-hydrogen) atoms. The number of sulfone groups is 1. The summed E-state index contributed by atoms with van der Waals surface area (Å²) < 4.78 is 31.6. The highest BCUT2D eigenvalue weighted by atomic mass is 32.2. The van der Waals surface area contributed by atoms with Gasteiger partial charge in [0.1, 0.15) is 5.75 Å². The smallest absolute Gasteiger partial charge is 0.181 e. The van der Waals surface area contributed by atoms with Crippen molar-refractivity contribution in [3.05, 3.63) is 60.2 Å². The minimum atomic E-state index is -3.28. The summed E-state index contributed by atoms with van der Waals surface area (Å²) in [6.07, 6.45) is 3.45. The van der Waals surface area contributed by atoms with Crippen molar-refractivity contribution >= 4 is 9.84 Å². The van der Waals surface area contributed by atoms with E-state index >= 15 is 0 Å². The Morgan fingerprint density at radius 3 is 2.30 bits per heavy atom. The standard InChI is InChI=1S/C22H29NO3S/c1-2-3-17-26-20-9-11-21(12-10-20)27(24,25)22-13-15-23(16-14-22)18-19-7-5-4-6-8-19/h4-12,22H,2-3,13-18H2,1H3. The molecule has 0 atom stereocenters. The van der Waals surface area contributed by atoms with Gasteiger partial charge in [0.15, 0.2) is 9.84 Å². The van der Waals surface area contributed by atoms with Crippen LogP contribution in [0.5, 0.6) is 5.75 Å². The molecule has 0 spiro atoms. The number of ether oxygens (including phenoxy) is 1. The number of likely N-dealkylation sites (tertiary alicyclic amines) is 1. The van der Waals surface area contributed by atoms with Crippen LogP contribution >= 0.6 is 0 Å². The first-order valence-corrected chi connectivity index (χ1v) is 11.4. The van der Waals surface area contributed by atoms with Crippen molar-refractivity contribution in [3.8, 4) is 5.75 Å². The molecule has 4 nitrogen and oxygen atoms in total. The Morgan fingerprint density at radius 1 is 1.00 bits per heavy atom. The zero-order valence-corrected chi connectivity index (χ0v) is 16.8. The fourth-order valence-corrected chi connectivity index (χ4v) is 5.20. The maximum absolute atomic E-state index is 13.0. The summed E-state index contributed by atoms with van der Waals surface area (Å²) in [4.78, 5) is 2.75. The molecule has 1 heterocycles. The van der Waals surface area contributed by atoms with Crippen LogP contribution in [0.1, 0.15) is 38.2 Å². The monoisotopic (exact) mass is 387 g/mol. The van der Waals surface area contributed by atoms with Gasteiger partial charge >= 0.3 is 0 Å². The largest absolute Gasteiger partial charge is 0.494 e. The molecule has 0 bridgehead atoms. The molecular formula is C22H29NO3S. The fourth-order valence-electron chi connectivity index (χ4n) is 3.47. The maximum Gasteiger partial charge on any atom is 0.181 e. The summed E-state index contributed by atoms with van der Waals surface area (Å²) in [7, 11) is -3.28. The molecule has 2 aromatic rings. The molecule has 2 aromatic carbocycles. The average molecular weight is 388 g/mol. The zero-order chi connectivity index (χ0) is 19.1. The Kier molecular flexibility index (Phi) is 6.91. The van der Waals surface area contributed by atoms with Crippen LogP contribution in [-0.2, 0) is 16.4 Å². The molecule has 5 heteroatoms. The third-order valence-corrected chi connectivity index (χ3v) is 7.42. The lowest BCUT2D eigenvalue weighted by atomic mass is 10.1. The molecule has 1 fully saturated rings. The molecule has 0 radical (unpaired) electrons. The Bertz CT molecular complexity index is 795. The first-order valence-electron chi connectivity index (χ1n) is 9.82. The van der Waals surface area contributed by atoms with Crippen molar-refractivity contribution in [2.24, 2.45) is 0 Å². The summed E-state index contributed by atoms with van der Waals surface area (Å²) in [6, 6.07) is 17.3. The molecule has 0 N–H and O–H groups in total. The van der Waals surface area contributed by atoms with Gasteiger partial charge < -0.3 is 4.74 Å². The van der Waals surface area contributed by atoms with Gasteiger partial charge in [-0.15, -0.1) is 0 Å². The molecule has 1 aliphatic rings. The second-order valence-corrected chi connectivity index (χ2v) is 9.41. The van der Waals surface area contributed by atoms with E-state index in [-0.39, 0.29) is 5.25 Å². The van der Waals surface area contributed by atoms with E-state index in [4.69, 9.17) is 4.74 Å². The third kappa shape index (κ3) is 5.33. The summed E-state index contributed by atoms with van der Waals surface area (Å²) >= 11 is 0. The predicted molar refractivity (Wildman–Crippen MR) is 109 cm³/mol. The Morgan fingerprint density at radius 2 is 1.67 bits per heavy atom. The van der Waals surface area contributed by atoms with Gasteiger partial charge in [0.05, 0.1) is 16.8 Å². The quantitative estimate of drug-likeness (QED) is 0.634. The molecule has 1 saturated heterocycles. The lowest BCUT2D eigenvalue weighted by Gasteiger charge is -2.31. The molecule has 3 rings (SSSR count). The second kappa shape index (κ2) is 9.38. The number of hydrogen-bond donors (Lipinski definition) is 0. The van der Waals surface area contributed by atoms with Gasteiger partial charge in [0.2, 0.25) is 0 Å². The van der Waals surface area contributed by atoms with Gasteiger partial charge in [-0.1, -0.05) is 43.7 Å². The SMILES string of the molecule is CCCCOc1ccc(S(=O)(=O)C2CCN(Cc3ccccc3)CC2)cc1. The molecule has 0 aromatic heterocycles. The highest BCUT2D eigenvalue weighted by Gasteiger charge is 2.31. The van der Waals surface area contributed by atoms with Crippen LogP contribution in [0.25, 0.3) is 0 Å². The van der Waals surface area contributed by atoms with Crippen molar-refractivity contribution in [1.82, 2.24) is 4.90 Å². The van der Waals surface area contributed by atoms with Crippen molar-refractivity contribution in [3.63, 3.8) is 0 Å². The van der Waals surface area contributed by atoms with Crippen molar-refractivity contribution in [1.29, 1.82) is 0 Å². The van der Waals surface area contributed by atoms with E-state index in [0.29, 0.717) is 24.3 Å². The van der Waals surface area contributed by atoms with E-state index in [1.807, 2.05) is 18.2 Å². The molecule has 0 aliphatic carbocycles. The first kappa shape index (κ1) is 19.9. The van der Waals surface area contributed by atoms with Gasteiger partial charge in [0.25, 0.3) is 0 Å². The second-order valence-electron chi connectivity index (χ2n) is 7.18. The molecule has 146 valence electrons. The van der Waals surface area contributed by atoms with E-state index in [0.717, 1.165) is 38.2 Å². The minimum Gasteiger partial charge on any atom is -0.494 e. The van der Waals surface area contributed by atoms with Crippen LogP contribution in [0.2, 0.25) is 0 Å². The Hall–Kier alpha value is -1.85. The molecule has 0 saturated carbocycles. The van der Waals surface area contributed by atoms with Crippen molar-refractivity contribution in [2.75, 3.05) is 19.7 Å². The minimum absolute atomic E-state index is 0.295. The van der Waals surface area contributed by atoms with E-state index in [1.54, 1.807) is 24.3 Å². The van der Waals surface area contributed by atoms with Crippen molar-refractivity contribution < 1.29 is 13.2 Å². The topological polar surface area (TPSA) is 46.6 Å². The molecule has 1 aliphatic heterocycles. The maximum atomic E-state index is 13.0. The van der Waals surface area contributed by atoms with E-state index < -0.39 is 9.84 Å². The molecular weight excluding hydrogens is 358 g/mol. The molecule has 0 amide bonds. The van der Waals surface area contributed by atoms with Crippen LogP contribution in [0.3, 0.4) is 0 Å². The van der Waals surface area contributed by atoms with Crippen LogP contribution < -0.4 is 4.74 Å². The molecule has 0 unspecified atom stereocenters. The van der Waals surface area contributed by atoms with E-state index in [2.05, 4.69) is 24.0 Å². The number of unbranched alkanes of at least 4 members (excludes halogenated alkanes) is 1. The Labute approximate surface area is 163 Å². The number of benzene rings is 2. The van der Waals surface area contributed by atoms with Crippen LogP contribution in [0.15, 0.2) is 59.5 Å². The Balaban J connectivity index is 1.56. The summed E-state index contributed by atoms with van der Waals surface area (Å²) in [5, 5.41) is -0.295. The summed E-state index contributed by atoms with van der Waals surface area (Å²) in [5.41, 5.74) is 1.28. The van der Waals surface area contributed by atoms with Crippen LogP contribution in [0, 0.1) is 0 Å². The summed E-state index contributed by atoms with van der Waals surface area (Å²) in [5.74, 6) is 0.736. The predicted octanol–water partition coefficient (Wildman–Crippen LogP) is 4.30. The van der Waals surface area contributed by atoms with E-state index in [1.165, 1.54) is 5.56 Å². The normalized spacial score (nSPS) is 16.3. The van der Waals surface area contributed by atoms with Crippen LogP contribution in [0.4, 0.5) is 0 Å². The highest BCUT2D eigenvalue weighted by molar-refractivity contribution is 7.92. The van der Waals surface area contributed by atoms with Gasteiger partial charge in [-0.3, -0.25) is 4.90 Å². The lowest BCUT2D eigenvalue weighted by Crippen LogP contribution is -2.38. The van der Waals surface area contributed by atoms with Gasteiger partial charge in [-0.25, -0.2) is 8.42 Å². The first-order chi connectivity index (χ1) is 13.1. The highest BCUT2D eigenvalue weighted by Crippen LogP contribution is 2.26. The number of hydrogen-bond acceptors (Lipinski definition) is 4. The number of piperidine rings is 1. The fraction of sp³-hybridized carbons (Fsp3) is 0.455. The third-order valence-electron chi connectivity index (χ3n) is 5.14. The van der Waals surface area contributed by atoms with Gasteiger partial charge in [-0.05, 0) is 62.2 Å². The number of nitrogens with zero attached hydrogens (tertiary/aromatic N) is 1. The van der Waals surface area contributed by atoms with Crippen molar-refractivity contribution in [2.45, 2.75) is 49.3 Å². The van der Waals surface area contributed by atoms with E-state index in [9.17, 15) is 8.42 Å². The lowest BCUT2D eigenvalue weighted by molar-refractivity contribution is 0.222. The zero-order valence-electron chi connectivity index (χ0n) is 16.0. The average Bonchev–Trinajstić information content (AvgIpc) is 2.70. The summed E-state index contributed by atoms with van der Waals surface area (Å²) in [6.45, 7) is 5.30.